The summed E-state index contributed by atoms with van der Waals surface area (Å²) >= 11 is 0. The van der Waals surface area contributed by atoms with Gasteiger partial charge in [0.1, 0.15) is 0 Å². The van der Waals surface area contributed by atoms with Gasteiger partial charge in [0.2, 0.25) is 0 Å². The summed E-state index contributed by atoms with van der Waals surface area (Å²) in [7, 11) is 0. The lowest BCUT2D eigenvalue weighted by Gasteiger charge is -2.07. The zero-order valence-electron chi connectivity index (χ0n) is 10.5. The largest absolute Gasteiger partial charge is 0.103 e. The van der Waals surface area contributed by atoms with Crippen molar-refractivity contribution >= 4 is 0 Å². The second-order valence-electron chi connectivity index (χ2n) is 4.36. The first-order chi connectivity index (χ1) is 7.88. The fraction of sp³-hybridized carbons (Fsp3) is 0.500. The van der Waals surface area contributed by atoms with Crippen LogP contribution >= 0.6 is 0 Å². The van der Waals surface area contributed by atoms with E-state index in [-0.39, 0.29) is 0 Å². The Balaban J connectivity index is 2.23. The summed E-state index contributed by atoms with van der Waals surface area (Å²) in [5, 5.41) is 0. The maximum atomic E-state index is 3.75. The Morgan fingerprint density at radius 2 is 1.69 bits per heavy atom. The molecule has 0 heterocycles. The molecule has 0 heteroatoms. The molecule has 0 aliphatic carbocycles. The van der Waals surface area contributed by atoms with Crippen molar-refractivity contribution in [2.45, 2.75) is 51.9 Å². The standard InChI is InChI=1S/C16H24/c1-3-5-6-7-8-9-13-16-14-11-10-12-15(16)4-2/h3,10-12,14H,1,4-9,13H2,2H3. The van der Waals surface area contributed by atoms with Crippen LogP contribution in [0.15, 0.2) is 36.9 Å². The number of unbranched alkanes of at least 4 members (excludes halogenated alkanes) is 4. The lowest BCUT2D eigenvalue weighted by molar-refractivity contribution is 0.645. The highest BCUT2D eigenvalue weighted by Crippen LogP contribution is 2.14. The molecule has 1 aromatic carbocycles. The van der Waals surface area contributed by atoms with Crippen molar-refractivity contribution in [2.24, 2.45) is 0 Å². The summed E-state index contributed by atoms with van der Waals surface area (Å²) in [4.78, 5) is 0. The van der Waals surface area contributed by atoms with Crippen LogP contribution in [0.1, 0.15) is 50.2 Å². The maximum absolute atomic E-state index is 3.75. The van der Waals surface area contributed by atoms with Crippen LogP contribution in [-0.4, -0.2) is 0 Å². The van der Waals surface area contributed by atoms with Gasteiger partial charge in [-0.3, -0.25) is 0 Å². The number of benzene rings is 1. The van der Waals surface area contributed by atoms with Gasteiger partial charge in [-0.25, -0.2) is 0 Å². The van der Waals surface area contributed by atoms with E-state index in [9.17, 15) is 0 Å². The molecule has 0 saturated heterocycles. The lowest BCUT2D eigenvalue weighted by atomic mass is 9.99. The molecule has 0 aromatic heterocycles. The molecule has 0 radical (unpaired) electrons. The van der Waals surface area contributed by atoms with Crippen LogP contribution in [0.2, 0.25) is 0 Å². The smallest absolute Gasteiger partial charge is 0.0276 e. The van der Waals surface area contributed by atoms with E-state index in [2.05, 4.69) is 37.8 Å². The third kappa shape index (κ3) is 4.65. The fourth-order valence-corrected chi connectivity index (χ4v) is 2.10. The molecule has 1 aromatic rings. The quantitative estimate of drug-likeness (QED) is 0.427. The molecule has 0 nitrogen and oxygen atoms in total. The number of aryl methyl sites for hydroxylation is 2. The Kier molecular flexibility index (Phi) is 6.64. The van der Waals surface area contributed by atoms with Crippen molar-refractivity contribution < 1.29 is 0 Å². The van der Waals surface area contributed by atoms with Crippen molar-refractivity contribution in [1.29, 1.82) is 0 Å². The van der Waals surface area contributed by atoms with E-state index < -0.39 is 0 Å². The van der Waals surface area contributed by atoms with Crippen LogP contribution in [0, 0.1) is 0 Å². The van der Waals surface area contributed by atoms with Gasteiger partial charge in [0.15, 0.2) is 0 Å². The second kappa shape index (κ2) is 8.15. The number of allylic oxidation sites excluding steroid dienone is 1. The van der Waals surface area contributed by atoms with Gasteiger partial charge in [0, 0.05) is 0 Å². The monoisotopic (exact) mass is 216 g/mol. The Labute approximate surface area is 100 Å². The first-order valence-electron chi connectivity index (χ1n) is 6.56. The van der Waals surface area contributed by atoms with Crippen LogP contribution in [-0.2, 0) is 12.8 Å². The average Bonchev–Trinajstić information content (AvgIpc) is 2.34. The molecule has 16 heavy (non-hydrogen) atoms. The molecule has 0 spiro atoms. The van der Waals surface area contributed by atoms with Crippen LogP contribution in [0.4, 0.5) is 0 Å². The van der Waals surface area contributed by atoms with Gasteiger partial charge in [0.25, 0.3) is 0 Å². The Hall–Kier alpha value is -1.04. The predicted octanol–water partition coefficient (Wildman–Crippen LogP) is 4.93. The van der Waals surface area contributed by atoms with E-state index >= 15 is 0 Å². The van der Waals surface area contributed by atoms with Crippen molar-refractivity contribution in [3.63, 3.8) is 0 Å². The van der Waals surface area contributed by atoms with E-state index in [4.69, 9.17) is 0 Å². The summed E-state index contributed by atoms with van der Waals surface area (Å²) < 4.78 is 0. The Morgan fingerprint density at radius 1 is 1.00 bits per heavy atom. The van der Waals surface area contributed by atoms with Crippen molar-refractivity contribution in [1.82, 2.24) is 0 Å². The predicted molar refractivity (Wildman–Crippen MR) is 72.8 cm³/mol. The first-order valence-corrected chi connectivity index (χ1v) is 6.56. The molecular formula is C16H24. The summed E-state index contributed by atoms with van der Waals surface area (Å²) in [6, 6.07) is 8.84. The second-order valence-corrected chi connectivity index (χ2v) is 4.36. The minimum atomic E-state index is 1.16. The molecule has 0 N–H and O–H groups in total. The van der Waals surface area contributed by atoms with Crippen LogP contribution in [0.5, 0.6) is 0 Å². The average molecular weight is 216 g/mol. The van der Waals surface area contributed by atoms with E-state index in [1.807, 2.05) is 6.08 Å². The van der Waals surface area contributed by atoms with Gasteiger partial charge < -0.3 is 0 Å². The third-order valence-electron chi connectivity index (χ3n) is 3.10. The molecule has 88 valence electrons. The molecule has 0 unspecified atom stereocenters. The van der Waals surface area contributed by atoms with Crippen molar-refractivity contribution in [3.05, 3.63) is 48.0 Å². The summed E-state index contributed by atoms with van der Waals surface area (Å²) in [5.41, 5.74) is 3.07. The van der Waals surface area contributed by atoms with Gasteiger partial charge in [-0.05, 0) is 43.2 Å². The minimum absolute atomic E-state index is 1.16. The Morgan fingerprint density at radius 3 is 2.38 bits per heavy atom. The Bertz CT molecular complexity index is 299. The number of hydrogen-bond donors (Lipinski definition) is 0. The molecule has 0 amide bonds. The first kappa shape index (κ1) is 13.0. The highest BCUT2D eigenvalue weighted by atomic mass is 14.0. The van der Waals surface area contributed by atoms with Crippen molar-refractivity contribution in [3.8, 4) is 0 Å². The van der Waals surface area contributed by atoms with Gasteiger partial charge >= 0.3 is 0 Å². The molecular weight excluding hydrogens is 192 g/mol. The fourth-order valence-electron chi connectivity index (χ4n) is 2.10. The van der Waals surface area contributed by atoms with E-state index in [0.717, 1.165) is 6.42 Å². The van der Waals surface area contributed by atoms with E-state index in [0.29, 0.717) is 0 Å². The molecule has 0 bridgehead atoms. The summed E-state index contributed by atoms with van der Waals surface area (Å²) in [6.45, 7) is 5.99. The SMILES string of the molecule is C=CCCCCCCc1ccccc1CC. The molecule has 1 rings (SSSR count). The zero-order chi connectivity index (χ0) is 11.6. The highest BCUT2D eigenvalue weighted by Gasteiger charge is 1.98. The maximum Gasteiger partial charge on any atom is -0.0276 e. The molecule has 0 saturated carbocycles. The lowest BCUT2D eigenvalue weighted by Crippen LogP contribution is -1.92. The third-order valence-corrected chi connectivity index (χ3v) is 3.10. The molecule has 0 aliphatic rings. The topological polar surface area (TPSA) is 0 Å². The molecule has 0 aliphatic heterocycles. The van der Waals surface area contributed by atoms with Gasteiger partial charge in [-0.1, -0.05) is 50.1 Å². The van der Waals surface area contributed by atoms with E-state index in [1.54, 1.807) is 5.56 Å². The van der Waals surface area contributed by atoms with Crippen molar-refractivity contribution in [2.75, 3.05) is 0 Å². The van der Waals surface area contributed by atoms with Crippen LogP contribution in [0.25, 0.3) is 0 Å². The van der Waals surface area contributed by atoms with Crippen LogP contribution in [0.3, 0.4) is 0 Å². The van der Waals surface area contributed by atoms with Gasteiger partial charge in [-0.15, -0.1) is 6.58 Å². The summed E-state index contributed by atoms with van der Waals surface area (Å²) in [5.74, 6) is 0. The van der Waals surface area contributed by atoms with Gasteiger partial charge in [-0.2, -0.15) is 0 Å². The zero-order valence-corrected chi connectivity index (χ0v) is 10.5. The highest BCUT2D eigenvalue weighted by molar-refractivity contribution is 5.26. The van der Waals surface area contributed by atoms with Gasteiger partial charge in [0.05, 0.1) is 0 Å². The number of rotatable bonds is 8. The van der Waals surface area contributed by atoms with Crippen LogP contribution < -0.4 is 0 Å². The van der Waals surface area contributed by atoms with E-state index in [1.165, 1.54) is 44.1 Å². The molecule has 0 fully saturated rings. The molecule has 0 atom stereocenters. The minimum Gasteiger partial charge on any atom is -0.103 e. The number of hydrogen-bond acceptors (Lipinski definition) is 0. The summed E-state index contributed by atoms with van der Waals surface area (Å²) in [6.07, 6.45) is 10.9. The normalized spacial score (nSPS) is 10.3.